The normalized spacial score (nSPS) is 10.7. The first kappa shape index (κ1) is 9.14. The maximum absolute atomic E-state index is 11.4. The maximum Gasteiger partial charge on any atom is 0.266 e. The van der Waals surface area contributed by atoms with Crippen LogP contribution >= 0.6 is 15.9 Å². The molecule has 14 heavy (non-hydrogen) atoms. The van der Waals surface area contributed by atoms with Gasteiger partial charge in [-0.2, -0.15) is 4.98 Å². The highest BCUT2D eigenvalue weighted by Gasteiger charge is 2.08. The Labute approximate surface area is 85.9 Å². The van der Waals surface area contributed by atoms with Crippen molar-refractivity contribution < 1.29 is 4.42 Å². The average molecular weight is 257 g/mol. The van der Waals surface area contributed by atoms with E-state index in [0.29, 0.717) is 5.76 Å². The zero-order chi connectivity index (χ0) is 10.3. The second kappa shape index (κ2) is 3.06. The summed E-state index contributed by atoms with van der Waals surface area (Å²) in [5.41, 5.74) is -0.841. The Morgan fingerprint density at radius 2 is 2.21 bits per heavy atom. The van der Waals surface area contributed by atoms with Crippen molar-refractivity contribution in [3.05, 3.63) is 37.1 Å². The van der Waals surface area contributed by atoms with E-state index in [-0.39, 0.29) is 21.3 Å². The molecular formula is C8H5BrN2O3. The van der Waals surface area contributed by atoms with Crippen LogP contribution in [0.1, 0.15) is 5.76 Å². The van der Waals surface area contributed by atoms with Gasteiger partial charge in [0.15, 0.2) is 10.2 Å². The van der Waals surface area contributed by atoms with Crippen LogP contribution in [0.2, 0.25) is 0 Å². The molecule has 0 unspecified atom stereocenters. The Morgan fingerprint density at radius 1 is 1.50 bits per heavy atom. The van der Waals surface area contributed by atoms with E-state index < -0.39 is 5.56 Å². The van der Waals surface area contributed by atoms with Gasteiger partial charge in [0.1, 0.15) is 11.1 Å². The minimum absolute atomic E-state index is 0.0469. The molecule has 0 aliphatic heterocycles. The third kappa shape index (κ3) is 1.37. The molecule has 2 aromatic rings. The number of aromatic amines is 1. The molecule has 2 heterocycles. The topological polar surface area (TPSA) is 76.0 Å². The SMILES string of the molecule is Cc1cc(=O)c2c(=O)[nH]c(Br)nc2o1. The highest BCUT2D eigenvalue weighted by atomic mass is 79.9. The predicted octanol–water partition coefficient (Wildman–Crippen LogP) is 0.947. The van der Waals surface area contributed by atoms with Crippen molar-refractivity contribution in [3.63, 3.8) is 0 Å². The first-order valence-corrected chi connectivity index (χ1v) is 4.57. The van der Waals surface area contributed by atoms with Gasteiger partial charge in [-0.05, 0) is 22.9 Å². The molecule has 0 saturated heterocycles. The number of nitrogens with zero attached hydrogens (tertiary/aromatic N) is 1. The first-order chi connectivity index (χ1) is 6.58. The van der Waals surface area contributed by atoms with Gasteiger partial charge in [0, 0.05) is 6.07 Å². The number of fused-ring (bicyclic) bond motifs is 1. The van der Waals surface area contributed by atoms with Gasteiger partial charge in [-0.15, -0.1) is 0 Å². The Morgan fingerprint density at radius 3 is 2.93 bits per heavy atom. The van der Waals surface area contributed by atoms with Gasteiger partial charge in [-0.3, -0.25) is 9.59 Å². The maximum atomic E-state index is 11.4. The lowest BCUT2D eigenvalue weighted by Crippen LogP contribution is -2.17. The summed E-state index contributed by atoms with van der Waals surface area (Å²) in [6, 6.07) is 1.26. The standard InChI is InChI=1S/C8H5BrN2O3/c1-3-2-4(12)5-6(13)10-8(9)11-7(5)14-3/h2H,1H3,(H,10,11,13). The van der Waals surface area contributed by atoms with Gasteiger partial charge in [0.05, 0.1) is 0 Å². The van der Waals surface area contributed by atoms with Gasteiger partial charge >= 0.3 is 0 Å². The van der Waals surface area contributed by atoms with Crippen molar-refractivity contribution in [2.24, 2.45) is 0 Å². The number of aryl methyl sites for hydroxylation is 1. The zero-order valence-electron chi connectivity index (χ0n) is 7.13. The molecule has 72 valence electrons. The molecule has 2 aromatic heterocycles. The molecule has 0 saturated carbocycles. The van der Waals surface area contributed by atoms with Crippen molar-refractivity contribution in [1.29, 1.82) is 0 Å². The van der Waals surface area contributed by atoms with E-state index in [1.54, 1.807) is 6.92 Å². The molecule has 0 fully saturated rings. The third-order valence-corrected chi connectivity index (χ3v) is 2.07. The van der Waals surface area contributed by atoms with Crippen LogP contribution in [0.3, 0.4) is 0 Å². The summed E-state index contributed by atoms with van der Waals surface area (Å²) in [6.45, 7) is 1.62. The van der Waals surface area contributed by atoms with Crippen LogP contribution in [0.5, 0.6) is 0 Å². The molecule has 0 aliphatic rings. The Bertz CT molecular complexity index is 563. The van der Waals surface area contributed by atoms with E-state index in [0.717, 1.165) is 0 Å². The predicted molar refractivity (Wildman–Crippen MR) is 53.3 cm³/mol. The minimum atomic E-state index is -0.504. The van der Waals surface area contributed by atoms with E-state index in [9.17, 15) is 9.59 Å². The van der Waals surface area contributed by atoms with Crippen molar-refractivity contribution in [2.75, 3.05) is 0 Å². The number of nitrogens with one attached hydrogen (secondary N) is 1. The molecule has 0 spiro atoms. The smallest absolute Gasteiger partial charge is 0.266 e. The molecule has 5 nitrogen and oxygen atoms in total. The van der Waals surface area contributed by atoms with Gasteiger partial charge in [-0.25, -0.2) is 0 Å². The molecule has 6 heteroatoms. The number of hydrogen-bond donors (Lipinski definition) is 1. The van der Waals surface area contributed by atoms with Crippen molar-refractivity contribution in [1.82, 2.24) is 9.97 Å². The van der Waals surface area contributed by atoms with Crippen LogP contribution in [0, 0.1) is 6.92 Å². The highest BCUT2D eigenvalue weighted by Crippen LogP contribution is 2.07. The first-order valence-electron chi connectivity index (χ1n) is 3.78. The Balaban J connectivity index is 3.10. The molecule has 2 rings (SSSR count). The minimum Gasteiger partial charge on any atom is -0.443 e. The van der Waals surface area contributed by atoms with E-state index >= 15 is 0 Å². The van der Waals surface area contributed by atoms with Crippen LogP contribution in [0.4, 0.5) is 0 Å². The van der Waals surface area contributed by atoms with E-state index in [2.05, 4.69) is 25.9 Å². The lowest BCUT2D eigenvalue weighted by atomic mass is 10.3. The monoisotopic (exact) mass is 256 g/mol. The molecule has 0 aromatic carbocycles. The Hall–Kier alpha value is -1.43. The molecule has 0 atom stereocenters. The number of halogens is 1. The van der Waals surface area contributed by atoms with Crippen LogP contribution < -0.4 is 11.0 Å². The van der Waals surface area contributed by atoms with Crippen molar-refractivity contribution >= 4 is 27.0 Å². The summed E-state index contributed by atoms with van der Waals surface area (Å²) >= 11 is 3.00. The quantitative estimate of drug-likeness (QED) is 0.713. The third-order valence-electron chi connectivity index (χ3n) is 1.70. The lowest BCUT2D eigenvalue weighted by molar-refractivity contribution is 0.551. The molecule has 0 amide bonds. The van der Waals surface area contributed by atoms with Gasteiger partial charge in [-0.1, -0.05) is 0 Å². The molecule has 0 bridgehead atoms. The van der Waals surface area contributed by atoms with Crippen LogP contribution in [-0.4, -0.2) is 9.97 Å². The van der Waals surface area contributed by atoms with Crippen LogP contribution in [-0.2, 0) is 0 Å². The summed E-state index contributed by atoms with van der Waals surface area (Å²) < 4.78 is 5.38. The van der Waals surface area contributed by atoms with E-state index in [1.807, 2.05) is 0 Å². The fraction of sp³-hybridized carbons (Fsp3) is 0.125. The summed E-state index contributed by atoms with van der Waals surface area (Å²) in [5.74, 6) is 0.424. The number of rotatable bonds is 0. The molecule has 0 radical (unpaired) electrons. The average Bonchev–Trinajstić information content (AvgIpc) is 1.99. The number of aromatic nitrogens is 2. The Kier molecular flexibility index (Phi) is 1.99. The van der Waals surface area contributed by atoms with Crippen molar-refractivity contribution in [3.8, 4) is 0 Å². The number of hydrogen-bond acceptors (Lipinski definition) is 4. The van der Waals surface area contributed by atoms with E-state index in [1.165, 1.54) is 6.07 Å². The van der Waals surface area contributed by atoms with Gasteiger partial charge in [0.25, 0.3) is 5.56 Å². The van der Waals surface area contributed by atoms with Gasteiger partial charge < -0.3 is 9.40 Å². The zero-order valence-corrected chi connectivity index (χ0v) is 8.71. The fourth-order valence-corrected chi connectivity index (χ4v) is 1.50. The van der Waals surface area contributed by atoms with E-state index in [4.69, 9.17) is 4.42 Å². The fourth-order valence-electron chi connectivity index (χ4n) is 1.16. The van der Waals surface area contributed by atoms with Crippen LogP contribution in [0.15, 0.2) is 24.8 Å². The summed E-state index contributed by atoms with van der Waals surface area (Å²) in [4.78, 5) is 29.0. The molecule has 1 N–H and O–H groups in total. The second-order valence-corrected chi connectivity index (χ2v) is 3.51. The summed E-state index contributed by atoms with van der Waals surface area (Å²) in [5, 5.41) is -0.0567. The van der Waals surface area contributed by atoms with Crippen molar-refractivity contribution in [2.45, 2.75) is 6.92 Å². The summed E-state index contributed by atoms with van der Waals surface area (Å²) in [7, 11) is 0. The second-order valence-electron chi connectivity index (χ2n) is 2.76. The lowest BCUT2D eigenvalue weighted by Gasteiger charge is -1.96. The van der Waals surface area contributed by atoms with Gasteiger partial charge in [0.2, 0.25) is 5.71 Å². The largest absolute Gasteiger partial charge is 0.443 e. The number of H-pyrrole nitrogens is 1. The van der Waals surface area contributed by atoms with Crippen LogP contribution in [0.25, 0.3) is 11.1 Å². The molecule has 0 aliphatic carbocycles. The summed E-state index contributed by atoms with van der Waals surface area (Å²) in [6.07, 6.45) is 0. The molecular weight excluding hydrogens is 252 g/mol. The highest BCUT2D eigenvalue weighted by molar-refractivity contribution is 9.10.